The van der Waals surface area contributed by atoms with Crippen molar-refractivity contribution in [1.82, 2.24) is 0 Å². The summed E-state index contributed by atoms with van der Waals surface area (Å²) in [5.74, 6) is 0.910. The third-order valence-corrected chi connectivity index (χ3v) is 1.47. The quantitative estimate of drug-likeness (QED) is 0.573. The van der Waals surface area contributed by atoms with Crippen molar-refractivity contribution >= 4 is 0 Å². The molecule has 0 atom stereocenters. The van der Waals surface area contributed by atoms with E-state index in [4.69, 9.17) is 4.74 Å². The van der Waals surface area contributed by atoms with Crippen LogP contribution in [-0.4, -0.2) is 7.11 Å². The Morgan fingerprint density at radius 2 is 2.10 bits per heavy atom. The molecule has 1 aromatic carbocycles. The van der Waals surface area contributed by atoms with Gasteiger partial charge in [-0.15, -0.1) is 0 Å². The van der Waals surface area contributed by atoms with Crippen molar-refractivity contribution in [2.75, 3.05) is 7.11 Å². The molecule has 1 rings (SSSR count). The second-order valence-corrected chi connectivity index (χ2v) is 2.30. The maximum atomic E-state index is 5.09. The minimum absolute atomic E-state index is 0.910. The molecule has 0 unspecified atom stereocenters. The largest absolute Gasteiger partial charge is 0.496 e. The highest BCUT2D eigenvalue weighted by Gasteiger charge is 1.95. The molecule has 0 N–H and O–H groups in total. The first kappa shape index (κ1) is 7.13. The van der Waals surface area contributed by atoms with Gasteiger partial charge in [-0.25, -0.2) is 0 Å². The second-order valence-electron chi connectivity index (χ2n) is 2.30. The molecule has 0 spiro atoms. The van der Waals surface area contributed by atoms with E-state index in [1.165, 1.54) is 0 Å². The highest BCUT2D eigenvalue weighted by atomic mass is 16.5. The molecular weight excluding hydrogens is 124 g/mol. The fourth-order valence-electron chi connectivity index (χ4n) is 0.864. The topological polar surface area (TPSA) is 9.23 Å². The van der Waals surface area contributed by atoms with Gasteiger partial charge in [-0.3, -0.25) is 0 Å². The second kappa shape index (κ2) is 2.74. The molecule has 0 fully saturated rings. The molecule has 0 aromatic heterocycles. The van der Waals surface area contributed by atoms with Crippen molar-refractivity contribution in [2.45, 2.75) is 6.92 Å². The van der Waals surface area contributed by atoms with Gasteiger partial charge in [-0.2, -0.15) is 0 Å². The van der Waals surface area contributed by atoms with Crippen LogP contribution in [0.15, 0.2) is 18.2 Å². The lowest BCUT2D eigenvalue weighted by molar-refractivity contribution is 0.411. The van der Waals surface area contributed by atoms with Crippen LogP contribution in [0.1, 0.15) is 11.1 Å². The van der Waals surface area contributed by atoms with Gasteiger partial charge in [0.15, 0.2) is 0 Å². The molecular formula is C9H11O. The highest BCUT2D eigenvalue weighted by Crippen LogP contribution is 2.17. The summed E-state index contributed by atoms with van der Waals surface area (Å²) in [7, 11) is 1.67. The zero-order valence-electron chi connectivity index (χ0n) is 6.35. The number of hydrogen-bond acceptors (Lipinski definition) is 1. The van der Waals surface area contributed by atoms with Crippen molar-refractivity contribution in [3.63, 3.8) is 0 Å². The van der Waals surface area contributed by atoms with Crippen LogP contribution in [0, 0.1) is 13.8 Å². The van der Waals surface area contributed by atoms with E-state index < -0.39 is 0 Å². The summed E-state index contributed by atoms with van der Waals surface area (Å²) < 4.78 is 5.09. The standard InChI is InChI=1S/C9H11O/c1-7-4-5-8(2)9(6-7)10-3/h4-6H,1H2,2-3H3. The predicted molar refractivity (Wildman–Crippen MR) is 42.2 cm³/mol. The minimum atomic E-state index is 0.910. The zero-order chi connectivity index (χ0) is 7.56. The molecule has 10 heavy (non-hydrogen) atoms. The smallest absolute Gasteiger partial charge is 0.122 e. The molecule has 0 saturated carbocycles. The van der Waals surface area contributed by atoms with Crippen LogP contribution in [0.3, 0.4) is 0 Å². The van der Waals surface area contributed by atoms with Crippen molar-refractivity contribution in [3.05, 3.63) is 36.2 Å². The number of rotatable bonds is 1. The van der Waals surface area contributed by atoms with E-state index in [2.05, 4.69) is 6.92 Å². The Hall–Kier alpha value is -0.980. The number of ether oxygens (including phenoxy) is 1. The van der Waals surface area contributed by atoms with Gasteiger partial charge in [0.25, 0.3) is 0 Å². The number of aryl methyl sites for hydroxylation is 1. The van der Waals surface area contributed by atoms with E-state index in [0.29, 0.717) is 0 Å². The summed E-state index contributed by atoms with van der Waals surface area (Å²) in [5.41, 5.74) is 2.14. The summed E-state index contributed by atoms with van der Waals surface area (Å²) in [6.45, 7) is 5.80. The van der Waals surface area contributed by atoms with Crippen LogP contribution in [0.2, 0.25) is 0 Å². The maximum absolute atomic E-state index is 5.09. The van der Waals surface area contributed by atoms with Crippen LogP contribution in [0.5, 0.6) is 5.75 Å². The Morgan fingerprint density at radius 3 is 2.60 bits per heavy atom. The van der Waals surface area contributed by atoms with Gasteiger partial charge in [0.2, 0.25) is 0 Å². The summed E-state index contributed by atoms with van der Waals surface area (Å²) in [5, 5.41) is 0. The predicted octanol–water partition coefficient (Wildman–Crippen LogP) is 2.19. The molecule has 1 radical (unpaired) electrons. The van der Waals surface area contributed by atoms with Crippen molar-refractivity contribution in [3.8, 4) is 5.75 Å². The molecule has 0 aliphatic carbocycles. The first-order valence-corrected chi connectivity index (χ1v) is 3.20. The first-order chi connectivity index (χ1) is 4.74. The van der Waals surface area contributed by atoms with E-state index in [0.717, 1.165) is 16.9 Å². The Kier molecular flexibility index (Phi) is 1.95. The number of methoxy groups -OCH3 is 1. The van der Waals surface area contributed by atoms with Gasteiger partial charge >= 0.3 is 0 Å². The highest BCUT2D eigenvalue weighted by molar-refractivity contribution is 5.37. The Balaban J connectivity index is 3.09. The average Bonchev–Trinajstić information content (AvgIpc) is 1.94. The average molecular weight is 135 g/mol. The molecule has 0 aliphatic rings. The van der Waals surface area contributed by atoms with Gasteiger partial charge in [0.1, 0.15) is 5.75 Å². The molecule has 1 heteroatoms. The third-order valence-electron chi connectivity index (χ3n) is 1.47. The summed E-state index contributed by atoms with van der Waals surface area (Å²) >= 11 is 0. The number of benzene rings is 1. The van der Waals surface area contributed by atoms with Gasteiger partial charge in [-0.05, 0) is 31.0 Å². The molecule has 1 aromatic rings. The first-order valence-electron chi connectivity index (χ1n) is 3.20. The van der Waals surface area contributed by atoms with Crippen LogP contribution >= 0.6 is 0 Å². The normalized spacial score (nSPS) is 9.50. The maximum Gasteiger partial charge on any atom is 0.122 e. The van der Waals surface area contributed by atoms with Gasteiger partial charge < -0.3 is 4.74 Å². The van der Waals surface area contributed by atoms with Crippen molar-refractivity contribution < 1.29 is 4.74 Å². The van der Waals surface area contributed by atoms with E-state index >= 15 is 0 Å². The Morgan fingerprint density at radius 1 is 1.40 bits per heavy atom. The molecule has 0 bridgehead atoms. The minimum Gasteiger partial charge on any atom is -0.496 e. The van der Waals surface area contributed by atoms with E-state index in [1.54, 1.807) is 7.11 Å². The monoisotopic (exact) mass is 135 g/mol. The summed E-state index contributed by atoms with van der Waals surface area (Å²) in [6.07, 6.45) is 0. The fraction of sp³-hybridized carbons (Fsp3) is 0.222. The van der Waals surface area contributed by atoms with E-state index in [-0.39, 0.29) is 0 Å². The number of hydrogen-bond donors (Lipinski definition) is 0. The van der Waals surface area contributed by atoms with E-state index in [9.17, 15) is 0 Å². The lowest BCUT2D eigenvalue weighted by atomic mass is 10.1. The zero-order valence-corrected chi connectivity index (χ0v) is 6.35. The summed E-state index contributed by atoms with van der Waals surface area (Å²) in [4.78, 5) is 0. The van der Waals surface area contributed by atoms with Crippen LogP contribution < -0.4 is 4.74 Å². The lowest BCUT2D eigenvalue weighted by Gasteiger charge is -2.03. The molecule has 0 aliphatic heterocycles. The third kappa shape index (κ3) is 1.29. The summed E-state index contributed by atoms with van der Waals surface area (Å²) in [6, 6.07) is 5.90. The van der Waals surface area contributed by atoms with Gasteiger partial charge in [0, 0.05) is 0 Å². The van der Waals surface area contributed by atoms with Crippen molar-refractivity contribution in [2.24, 2.45) is 0 Å². The molecule has 0 amide bonds. The molecule has 0 heterocycles. The van der Waals surface area contributed by atoms with E-state index in [1.807, 2.05) is 25.1 Å². The van der Waals surface area contributed by atoms with Crippen LogP contribution in [-0.2, 0) is 0 Å². The lowest BCUT2D eigenvalue weighted by Crippen LogP contribution is -1.86. The molecule has 1 nitrogen and oxygen atoms in total. The fourth-order valence-corrected chi connectivity index (χ4v) is 0.864. The van der Waals surface area contributed by atoms with Crippen LogP contribution in [0.4, 0.5) is 0 Å². The van der Waals surface area contributed by atoms with Gasteiger partial charge in [0.05, 0.1) is 7.11 Å². The van der Waals surface area contributed by atoms with Gasteiger partial charge in [-0.1, -0.05) is 12.1 Å². The van der Waals surface area contributed by atoms with Crippen molar-refractivity contribution in [1.29, 1.82) is 0 Å². The Bertz CT molecular complexity index is 228. The molecule has 0 saturated heterocycles. The SMILES string of the molecule is [CH2]c1ccc(C)c(OC)c1. The Labute approximate surface area is 61.6 Å². The van der Waals surface area contributed by atoms with Crippen LogP contribution in [0.25, 0.3) is 0 Å². The molecule has 53 valence electrons.